The smallest absolute Gasteiger partial charge is 0.267 e. The van der Waals surface area contributed by atoms with Gasteiger partial charge >= 0.3 is 0 Å². The van der Waals surface area contributed by atoms with Crippen molar-refractivity contribution >= 4 is 21.7 Å². The van der Waals surface area contributed by atoms with Gasteiger partial charge in [-0.3, -0.25) is 4.31 Å². The van der Waals surface area contributed by atoms with Crippen molar-refractivity contribution < 1.29 is 8.42 Å². The van der Waals surface area contributed by atoms with E-state index in [0.29, 0.717) is 18.2 Å². The summed E-state index contributed by atoms with van der Waals surface area (Å²) in [5, 5.41) is 2.76. The zero-order valence-electron chi connectivity index (χ0n) is 12.2. The van der Waals surface area contributed by atoms with Gasteiger partial charge in [-0.25, -0.2) is 18.4 Å². The lowest BCUT2D eigenvalue weighted by Crippen LogP contribution is -2.31. The summed E-state index contributed by atoms with van der Waals surface area (Å²) in [6, 6.07) is 7.37. The van der Waals surface area contributed by atoms with Gasteiger partial charge in [-0.1, -0.05) is 18.2 Å². The Bertz CT molecular complexity index is 714. The lowest BCUT2D eigenvalue weighted by atomic mass is 10.2. The Labute approximate surface area is 124 Å². The van der Waals surface area contributed by atoms with E-state index in [4.69, 9.17) is 0 Å². The Kier molecular flexibility index (Phi) is 4.42. The van der Waals surface area contributed by atoms with Gasteiger partial charge in [0, 0.05) is 13.6 Å². The molecule has 2 aromatic rings. The summed E-state index contributed by atoms with van der Waals surface area (Å²) < 4.78 is 26.8. The molecule has 0 saturated heterocycles. The molecule has 0 atom stereocenters. The first-order chi connectivity index (χ1) is 10.0. The second kappa shape index (κ2) is 6.09. The van der Waals surface area contributed by atoms with Crippen LogP contribution in [0.15, 0.2) is 41.6 Å². The van der Waals surface area contributed by atoms with Crippen molar-refractivity contribution in [1.29, 1.82) is 0 Å². The number of rotatable bonds is 5. The number of hydrogen-bond donors (Lipinski definition) is 1. The van der Waals surface area contributed by atoms with Gasteiger partial charge in [0.2, 0.25) is 5.95 Å². The van der Waals surface area contributed by atoms with Crippen LogP contribution in [0.4, 0.5) is 11.6 Å². The van der Waals surface area contributed by atoms with E-state index >= 15 is 0 Å². The van der Waals surface area contributed by atoms with Crippen LogP contribution in [-0.2, 0) is 10.0 Å². The molecule has 0 spiro atoms. The monoisotopic (exact) mass is 306 g/mol. The second-order valence-corrected chi connectivity index (χ2v) is 6.31. The van der Waals surface area contributed by atoms with Gasteiger partial charge in [0.15, 0.2) is 0 Å². The topological polar surface area (TPSA) is 75.2 Å². The molecule has 21 heavy (non-hydrogen) atoms. The fourth-order valence-electron chi connectivity index (χ4n) is 2.02. The van der Waals surface area contributed by atoms with Crippen LogP contribution in [0.2, 0.25) is 0 Å². The summed E-state index contributed by atoms with van der Waals surface area (Å²) in [6.45, 7) is 4.02. The van der Waals surface area contributed by atoms with E-state index in [9.17, 15) is 8.42 Å². The van der Waals surface area contributed by atoms with E-state index in [1.165, 1.54) is 16.7 Å². The molecule has 1 aromatic carbocycles. The van der Waals surface area contributed by atoms with E-state index in [1.54, 1.807) is 20.0 Å². The van der Waals surface area contributed by atoms with Crippen LogP contribution in [-0.4, -0.2) is 32.0 Å². The van der Waals surface area contributed by atoms with Crippen molar-refractivity contribution in [1.82, 2.24) is 9.97 Å². The maximum Gasteiger partial charge on any atom is 0.267 e. The number of nitrogens with one attached hydrogen (secondary N) is 1. The van der Waals surface area contributed by atoms with E-state index in [1.807, 2.05) is 25.1 Å². The van der Waals surface area contributed by atoms with Crippen LogP contribution in [0.3, 0.4) is 0 Å². The van der Waals surface area contributed by atoms with Crippen LogP contribution >= 0.6 is 0 Å². The Morgan fingerprint density at radius 1 is 1.19 bits per heavy atom. The first kappa shape index (κ1) is 15.2. The fraction of sp³-hybridized carbons (Fsp3) is 0.286. The Hall–Kier alpha value is -2.15. The number of aromatic nitrogens is 2. The maximum absolute atomic E-state index is 12.7. The normalized spacial score (nSPS) is 11.2. The minimum atomic E-state index is -3.67. The molecule has 0 fully saturated rings. The summed E-state index contributed by atoms with van der Waals surface area (Å²) in [4.78, 5) is 8.01. The van der Waals surface area contributed by atoms with Crippen molar-refractivity contribution in [3.8, 4) is 0 Å². The van der Waals surface area contributed by atoms with Gasteiger partial charge in [-0.15, -0.1) is 0 Å². The minimum Gasteiger partial charge on any atom is -0.357 e. The first-order valence-corrected chi connectivity index (χ1v) is 8.03. The predicted octanol–water partition coefficient (Wildman–Crippen LogP) is 2.04. The number of sulfonamides is 1. The standard InChI is InChI=1S/C14H18N4O2S/c1-4-18(13-8-6-5-7-11(13)2)21(19,20)12-9-16-14(15-3)17-10-12/h5-10H,4H2,1-3H3,(H,15,16,17). The van der Waals surface area contributed by atoms with Crippen molar-refractivity contribution in [2.45, 2.75) is 18.7 Å². The predicted molar refractivity (Wildman–Crippen MR) is 83.0 cm³/mol. The third-order valence-electron chi connectivity index (χ3n) is 3.11. The van der Waals surface area contributed by atoms with Crippen LogP contribution < -0.4 is 9.62 Å². The van der Waals surface area contributed by atoms with Crippen LogP contribution in [0.5, 0.6) is 0 Å². The summed E-state index contributed by atoms with van der Waals surface area (Å²) in [5.41, 5.74) is 1.56. The highest BCUT2D eigenvalue weighted by atomic mass is 32.2. The lowest BCUT2D eigenvalue weighted by molar-refractivity contribution is 0.591. The molecule has 0 saturated carbocycles. The highest BCUT2D eigenvalue weighted by Crippen LogP contribution is 2.25. The Morgan fingerprint density at radius 2 is 1.81 bits per heavy atom. The zero-order chi connectivity index (χ0) is 15.5. The highest BCUT2D eigenvalue weighted by Gasteiger charge is 2.25. The number of aryl methyl sites for hydroxylation is 1. The van der Waals surface area contributed by atoms with Crippen molar-refractivity contribution in [3.05, 3.63) is 42.2 Å². The maximum atomic E-state index is 12.7. The van der Waals surface area contributed by atoms with Gasteiger partial charge < -0.3 is 5.32 Å². The molecule has 0 aliphatic heterocycles. The average molecular weight is 306 g/mol. The van der Waals surface area contributed by atoms with E-state index in [0.717, 1.165) is 5.56 Å². The molecule has 1 N–H and O–H groups in total. The Balaban J connectivity index is 2.47. The average Bonchev–Trinajstić information content (AvgIpc) is 2.50. The quantitative estimate of drug-likeness (QED) is 0.915. The SMILES string of the molecule is CCN(c1ccccc1C)S(=O)(=O)c1cnc(NC)nc1. The molecule has 0 bridgehead atoms. The number of hydrogen-bond acceptors (Lipinski definition) is 5. The molecule has 7 heteroatoms. The van der Waals surface area contributed by atoms with Crippen LogP contribution in [0, 0.1) is 6.92 Å². The minimum absolute atomic E-state index is 0.0756. The van der Waals surface area contributed by atoms with Crippen molar-refractivity contribution in [2.75, 3.05) is 23.2 Å². The molecule has 6 nitrogen and oxygen atoms in total. The summed E-state index contributed by atoms with van der Waals surface area (Å²) in [6.07, 6.45) is 2.63. The van der Waals surface area contributed by atoms with Crippen LogP contribution in [0.1, 0.15) is 12.5 Å². The number of nitrogens with zero attached hydrogens (tertiary/aromatic N) is 3. The number of anilines is 2. The molecule has 1 aromatic heterocycles. The molecule has 0 aliphatic rings. The van der Waals surface area contributed by atoms with Gasteiger partial charge in [0.05, 0.1) is 18.1 Å². The van der Waals surface area contributed by atoms with Crippen LogP contribution in [0.25, 0.3) is 0 Å². The molecular formula is C14H18N4O2S. The van der Waals surface area contributed by atoms with E-state index in [-0.39, 0.29) is 4.90 Å². The molecule has 0 amide bonds. The Morgan fingerprint density at radius 3 is 2.33 bits per heavy atom. The van der Waals surface area contributed by atoms with Gasteiger partial charge in [-0.05, 0) is 25.5 Å². The summed E-state index contributed by atoms with van der Waals surface area (Å²) in [5.74, 6) is 0.382. The number of benzene rings is 1. The summed E-state index contributed by atoms with van der Waals surface area (Å²) in [7, 11) is -2.00. The van der Waals surface area contributed by atoms with Crippen molar-refractivity contribution in [2.24, 2.45) is 0 Å². The van der Waals surface area contributed by atoms with E-state index < -0.39 is 10.0 Å². The van der Waals surface area contributed by atoms with Gasteiger partial charge in [-0.2, -0.15) is 0 Å². The van der Waals surface area contributed by atoms with Crippen molar-refractivity contribution in [3.63, 3.8) is 0 Å². The zero-order valence-corrected chi connectivity index (χ0v) is 13.1. The third-order valence-corrected chi connectivity index (χ3v) is 4.95. The molecule has 112 valence electrons. The first-order valence-electron chi connectivity index (χ1n) is 6.59. The number of para-hydroxylation sites is 1. The van der Waals surface area contributed by atoms with Gasteiger partial charge in [0.1, 0.15) is 4.90 Å². The van der Waals surface area contributed by atoms with Gasteiger partial charge in [0.25, 0.3) is 10.0 Å². The molecule has 0 unspecified atom stereocenters. The lowest BCUT2D eigenvalue weighted by Gasteiger charge is -2.24. The largest absolute Gasteiger partial charge is 0.357 e. The fourth-order valence-corrected chi connectivity index (χ4v) is 3.45. The highest BCUT2D eigenvalue weighted by molar-refractivity contribution is 7.92. The molecule has 2 rings (SSSR count). The van der Waals surface area contributed by atoms with E-state index in [2.05, 4.69) is 15.3 Å². The molecule has 0 aliphatic carbocycles. The molecule has 1 heterocycles. The second-order valence-electron chi connectivity index (χ2n) is 4.45. The molecule has 0 radical (unpaired) electrons. The molecular weight excluding hydrogens is 288 g/mol. The third kappa shape index (κ3) is 2.97. The summed E-state index contributed by atoms with van der Waals surface area (Å²) >= 11 is 0.